The fourth-order valence-electron chi connectivity index (χ4n) is 2.46. The molecule has 0 fully saturated rings. The molecular formula is C18H25N3O7S. The van der Waals surface area contributed by atoms with Crippen molar-refractivity contribution < 1.29 is 31.4 Å². The first-order valence-corrected chi connectivity index (χ1v) is 10.1. The van der Waals surface area contributed by atoms with Gasteiger partial charge in [-0.1, -0.05) is 0 Å². The van der Waals surface area contributed by atoms with E-state index in [1.54, 1.807) is 0 Å². The molecule has 0 unspecified atom stereocenters. The first-order chi connectivity index (χ1) is 13.8. The van der Waals surface area contributed by atoms with Crippen LogP contribution in [0.1, 0.15) is 13.8 Å². The molecule has 0 bridgehead atoms. The van der Waals surface area contributed by atoms with Gasteiger partial charge in [-0.2, -0.15) is 18.1 Å². The van der Waals surface area contributed by atoms with Gasteiger partial charge < -0.3 is 19.1 Å². The summed E-state index contributed by atoms with van der Waals surface area (Å²) in [6.07, 6.45) is 3.64. The molecule has 0 spiro atoms. The Kier molecular flexibility index (Phi) is 11.2. The highest BCUT2D eigenvalue weighted by Gasteiger charge is 2.19. The number of ether oxygens (including phenoxy) is 3. The Morgan fingerprint density at radius 2 is 1.38 bits per heavy atom. The van der Waals surface area contributed by atoms with E-state index in [2.05, 4.69) is 18.8 Å². The summed E-state index contributed by atoms with van der Waals surface area (Å²) in [7, 11) is -4.42. The lowest BCUT2D eigenvalue weighted by Crippen LogP contribution is -2.27. The fourth-order valence-corrected chi connectivity index (χ4v) is 2.74. The SMILES string of the molecule is [C-]#[N+]C([N+]#[C-])=C1C=C(C)N(CCOCCOCCOCCOS(=O)(=O)O)C(C)=C1. The van der Waals surface area contributed by atoms with E-state index in [9.17, 15) is 8.42 Å². The van der Waals surface area contributed by atoms with Crippen LogP contribution in [0, 0.1) is 13.1 Å². The lowest BCUT2D eigenvalue weighted by atomic mass is 10.1. The Labute approximate surface area is 171 Å². The van der Waals surface area contributed by atoms with E-state index in [4.69, 9.17) is 31.9 Å². The highest BCUT2D eigenvalue weighted by molar-refractivity contribution is 7.80. The van der Waals surface area contributed by atoms with Crippen LogP contribution in [-0.4, -0.2) is 70.7 Å². The van der Waals surface area contributed by atoms with Crippen LogP contribution < -0.4 is 0 Å². The molecule has 0 saturated carbocycles. The topological polar surface area (TPSA) is 103 Å². The molecule has 0 aromatic heterocycles. The minimum absolute atomic E-state index is 0.0272. The Morgan fingerprint density at radius 1 is 0.931 bits per heavy atom. The third-order valence-electron chi connectivity index (χ3n) is 3.71. The number of rotatable bonds is 13. The summed E-state index contributed by atoms with van der Waals surface area (Å²) in [4.78, 5) is 8.54. The van der Waals surface area contributed by atoms with Crippen LogP contribution in [0.15, 0.2) is 34.9 Å². The van der Waals surface area contributed by atoms with Gasteiger partial charge in [0.25, 0.3) is 0 Å². The molecule has 1 aliphatic rings. The predicted octanol–water partition coefficient (Wildman–Crippen LogP) is 2.03. The van der Waals surface area contributed by atoms with Crippen molar-refractivity contribution >= 4 is 10.4 Å². The van der Waals surface area contributed by atoms with Gasteiger partial charge in [0.2, 0.25) is 0 Å². The van der Waals surface area contributed by atoms with E-state index in [0.717, 1.165) is 11.4 Å². The second-order valence-electron chi connectivity index (χ2n) is 5.81. The Bertz CT molecular complexity index is 781. The Balaban J connectivity index is 2.14. The summed E-state index contributed by atoms with van der Waals surface area (Å²) in [6.45, 7) is 20.2. The molecule has 1 N–H and O–H groups in total. The lowest BCUT2D eigenvalue weighted by Gasteiger charge is -2.29. The maximum absolute atomic E-state index is 10.3. The van der Waals surface area contributed by atoms with Gasteiger partial charge in [0.05, 0.1) is 51.8 Å². The fraction of sp³-hybridized carbons (Fsp3) is 0.556. The van der Waals surface area contributed by atoms with Crippen LogP contribution in [-0.2, 0) is 28.8 Å². The van der Waals surface area contributed by atoms with Crippen molar-refractivity contribution in [2.75, 3.05) is 52.8 Å². The molecule has 0 radical (unpaired) electrons. The van der Waals surface area contributed by atoms with Crippen LogP contribution in [0.25, 0.3) is 9.69 Å². The second kappa shape index (κ2) is 13.1. The number of hydrogen-bond donors (Lipinski definition) is 1. The quantitative estimate of drug-likeness (QED) is 0.271. The molecule has 0 atom stereocenters. The summed E-state index contributed by atoms with van der Waals surface area (Å²) in [5.41, 5.74) is 2.52. The van der Waals surface area contributed by atoms with Crippen molar-refractivity contribution in [2.45, 2.75) is 13.8 Å². The molecule has 0 aromatic rings. The number of nitrogens with zero attached hydrogens (tertiary/aromatic N) is 3. The van der Waals surface area contributed by atoms with E-state index >= 15 is 0 Å². The highest BCUT2D eigenvalue weighted by Crippen LogP contribution is 2.25. The molecule has 10 nitrogen and oxygen atoms in total. The van der Waals surface area contributed by atoms with Crippen molar-refractivity contribution in [3.63, 3.8) is 0 Å². The van der Waals surface area contributed by atoms with Crippen molar-refractivity contribution in [1.82, 2.24) is 4.90 Å². The van der Waals surface area contributed by atoms with Gasteiger partial charge in [0.15, 0.2) is 0 Å². The minimum atomic E-state index is -4.42. The molecule has 29 heavy (non-hydrogen) atoms. The van der Waals surface area contributed by atoms with E-state index in [0.29, 0.717) is 38.5 Å². The molecule has 0 amide bonds. The van der Waals surface area contributed by atoms with Gasteiger partial charge in [-0.3, -0.25) is 4.55 Å². The molecule has 0 aliphatic carbocycles. The molecule has 11 heteroatoms. The van der Waals surface area contributed by atoms with Crippen molar-refractivity contribution in [3.8, 4) is 0 Å². The zero-order valence-electron chi connectivity index (χ0n) is 16.5. The third-order valence-corrected chi connectivity index (χ3v) is 4.18. The average Bonchev–Trinajstić information content (AvgIpc) is 2.64. The maximum Gasteiger partial charge on any atom is 0.526 e. The number of hydrogen-bond acceptors (Lipinski definition) is 7. The maximum atomic E-state index is 10.3. The van der Waals surface area contributed by atoms with Gasteiger partial charge in [0.1, 0.15) is 13.1 Å². The van der Waals surface area contributed by atoms with Crippen molar-refractivity contribution in [3.05, 3.63) is 57.8 Å². The summed E-state index contributed by atoms with van der Waals surface area (Å²) < 4.78 is 49.0. The molecule has 0 saturated heterocycles. The number of allylic oxidation sites excluding steroid dienone is 5. The van der Waals surface area contributed by atoms with Crippen LogP contribution in [0.4, 0.5) is 0 Å². The molecular weight excluding hydrogens is 402 g/mol. The minimum Gasteiger partial charge on any atom is -0.377 e. The summed E-state index contributed by atoms with van der Waals surface area (Å²) in [5, 5.41) is 0. The molecule has 1 rings (SSSR count). The average molecular weight is 427 g/mol. The Morgan fingerprint density at radius 3 is 1.83 bits per heavy atom. The first kappa shape index (κ1) is 24.8. The monoisotopic (exact) mass is 427 g/mol. The van der Waals surface area contributed by atoms with Gasteiger partial charge in [-0.25, -0.2) is 4.18 Å². The highest BCUT2D eigenvalue weighted by atomic mass is 32.3. The van der Waals surface area contributed by atoms with E-state index in [-0.39, 0.29) is 25.6 Å². The smallest absolute Gasteiger partial charge is 0.377 e. The van der Waals surface area contributed by atoms with Crippen molar-refractivity contribution in [2.24, 2.45) is 0 Å². The molecule has 1 heterocycles. The molecule has 160 valence electrons. The van der Waals surface area contributed by atoms with Gasteiger partial charge >= 0.3 is 16.2 Å². The summed E-state index contributed by atoms with van der Waals surface area (Å²) in [5.74, 6) is 0.0617. The Hall–Kier alpha value is -2.25. The van der Waals surface area contributed by atoms with E-state index < -0.39 is 10.4 Å². The van der Waals surface area contributed by atoms with Crippen LogP contribution in [0.3, 0.4) is 0 Å². The standard InChI is InChI=1S/C18H25N3O7S/c1-15-13-17(18(19-3)20-4)14-16(2)21(15)5-6-25-7-8-26-9-10-27-11-12-28-29(22,23)24/h13-14H,5-12H2,1-2H3,(H,22,23,24). The largest absolute Gasteiger partial charge is 0.526 e. The summed E-state index contributed by atoms with van der Waals surface area (Å²) >= 11 is 0. The van der Waals surface area contributed by atoms with Gasteiger partial charge in [0, 0.05) is 17.9 Å². The van der Waals surface area contributed by atoms with E-state index in [1.165, 1.54) is 0 Å². The third kappa shape index (κ3) is 10.2. The van der Waals surface area contributed by atoms with Crippen LogP contribution in [0.2, 0.25) is 0 Å². The molecule has 0 aromatic carbocycles. The van der Waals surface area contributed by atoms with Crippen molar-refractivity contribution in [1.29, 1.82) is 0 Å². The second-order valence-corrected chi connectivity index (χ2v) is 6.90. The predicted molar refractivity (Wildman–Crippen MR) is 104 cm³/mol. The van der Waals surface area contributed by atoms with Gasteiger partial charge in [-0.15, -0.1) is 0 Å². The zero-order chi connectivity index (χ0) is 21.7. The van der Waals surface area contributed by atoms with Crippen LogP contribution >= 0.6 is 0 Å². The van der Waals surface area contributed by atoms with Crippen LogP contribution in [0.5, 0.6) is 0 Å². The van der Waals surface area contributed by atoms with E-state index in [1.807, 2.05) is 26.0 Å². The first-order valence-electron chi connectivity index (χ1n) is 8.77. The summed E-state index contributed by atoms with van der Waals surface area (Å²) in [6, 6.07) is 0. The zero-order valence-corrected chi connectivity index (χ0v) is 17.3. The molecule has 1 aliphatic heterocycles. The lowest BCUT2D eigenvalue weighted by molar-refractivity contribution is 0.00763. The normalized spacial score (nSPS) is 14.1. The van der Waals surface area contributed by atoms with Gasteiger partial charge in [-0.05, 0) is 26.0 Å².